The van der Waals surface area contributed by atoms with E-state index in [1.807, 2.05) is 97.1 Å². The second-order valence-corrected chi connectivity index (χ2v) is 18.5. The maximum absolute atomic E-state index is 15.4. The fourth-order valence-electron chi connectivity index (χ4n) is 10.7. The lowest BCUT2D eigenvalue weighted by Gasteiger charge is -2.34. The molecule has 0 fully saturated rings. The fourth-order valence-corrected chi connectivity index (χ4v) is 10.7. The zero-order valence-corrected chi connectivity index (χ0v) is 37.0. The first-order chi connectivity index (χ1) is 30.8. The number of carbonyl (C=O) groups is 4. The molecule has 0 atom stereocenters. The molecule has 0 N–H and O–H groups in total. The van der Waals surface area contributed by atoms with Crippen LogP contribution in [-0.4, -0.2) is 23.6 Å². The Morgan fingerprint density at radius 3 is 1.02 bits per heavy atom. The van der Waals surface area contributed by atoms with Crippen molar-refractivity contribution in [3.05, 3.63) is 154 Å². The Kier molecular flexibility index (Phi) is 8.70. The van der Waals surface area contributed by atoms with Crippen LogP contribution in [0.25, 0.3) is 65.7 Å². The molecule has 8 nitrogen and oxygen atoms in total. The van der Waals surface area contributed by atoms with Crippen molar-refractivity contribution in [1.82, 2.24) is 0 Å². The van der Waals surface area contributed by atoms with Crippen LogP contribution in [0.1, 0.15) is 143 Å². The molecule has 0 radical (unpaired) electrons. The van der Waals surface area contributed by atoms with Crippen LogP contribution in [0, 0.1) is 0 Å². The normalized spacial score (nSPS) is 14.2. The lowest BCUT2D eigenvalue weighted by Crippen LogP contribution is -2.42. The van der Waals surface area contributed by atoms with E-state index in [1.54, 1.807) is 12.5 Å². The van der Waals surface area contributed by atoms with Gasteiger partial charge >= 0.3 is 0 Å². The lowest BCUT2D eigenvalue weighted by molar-refractivity contribution is 0.0877. The molecule has 2 aromatic heterocycles. The molecular weight excluding hydrogens is 797 g/mol. The summed E-state index contributed by atoms with van der Waals surface area (Å²) in [6.45, 7) is 16.6. The highest BCUT2D eigenvalue weighted by Gasteiger charge is 2.42. The van der Waals surface area contributed by atoms with Crippen LogP contribution in [-0.2, 0) is 0 Å². The van der Waals surface area contributed by atoms with Gasteiger partial charge in [-0.1, -0.05) is 104 Å². The summed E-state index contributed by atoms with van der Waals surface area (Å²) in [5.74, 6) is -0.387. The monoisotopic (exact) mass is 842 g/mol. The topological polar surface area (TPSA) is 101 Å². The van der Waals surface area contributed by atoms with Gasteiger partial charge in [0, 0.05) is 54.9 Å². The van der Waals surface area contributed by atoms with Crippen molar-refractivity contribution < 1.29 is 28.0 Å². The van der Waals surface area contributed by atoms with Gasteiger partial charge in [0.15, 0.2) is 0 Å². The van der Waals surface area contributed by atoms with Crippen LogP contribution >= 0.6 is 0 Å². The first-order valence-electron chi connectivity index (χ1n) is 22.2. The van der Waals surface area contributed by atoms with E-state index in [0.29, 0.717) is 67.0 Å². The van der Waals surface area contributed by atoms with Gasteiger partial charge in [-0.25, -0.2) is 9.80 Å². The van der Waals surface area contributed by atoms with E-state index in [9.17, 15) is 0 Å². The Bertz CT molecular complexity index is 3190. The zero-order valence-electron chi connectivity index (χ0n) is 37.0. The minimum absolute atomic E-state index is 0.0384. The van der Waals surface area contributed by atoms with Crippen molar-refractivity contribution in [2.45, 2.75) is 79.1 Å². The minimum atomic E-state index is -0.412. The number of rotatable bonds is 8. The number of amides is 4. The predicted molar refractivity (Wildman–Crippen MR) is 255 cm³/mol. The molecule has 0 unspecified atom stereocenters. The van der Waals surface area contributed by atoms with E-state index in [4.69, 9.17) is 8.83 Å². The van der Waals surface area contributed by atoms with Crippen molar-refractivity contribution in [1.29, 1.82) is 0 Å². The zero-order chi connectivity index (χ0) is 44.6. The number of imide groups is 2. The van der Waals surface area contributed by atoms with Crippen LogP contribution in [0.2, 0.25) is 0 Å². The van der Waals surface area contributed by atoms with Crippen molar-refractivity contribution >= 4 is 78.1 Å². The largest absolute Gasteiger partial charge is 0.464 e. The quantitative estimate of drug-likeness (QED) is 0.0858. The highest BCUT2D eigenvalue weighted by Crippen LogP contribution is 2.53. The van der Waals surface area contributed by atoms with Gasteiger partial charge in [0.25, 0.3) is 23.6 Å². The van der Waals surface area contributed by atoms with Crippen molar-refractivity contribution in [2.24, 2.45) is 0 Å². The van der Waals surface area contributed by atoms with Gasteiger partial charge in [-0.05, 0) is 116 Å². The van der Waals surface area contributed by atoms with Crippen molar-refractivity contribution in [3.8, 4) is 22.6 Å². The average Bonchev–Trinajstić information content (AvgIpc) is 4.03. The van der Waals surface area contributed by atoms with E-state index in [0.717, 1.165) is 54.6 Å². The molecule has 64 heavy (non-hydrogen) atoms. The number of nitrogens with zero attached hydrogens (tertiary/aromatic N) is 2. The number of hydrogen-bond donors (Lipinski definition) is 0. The maximum Gasteiger partial charge on any atom is 0.266 e. The van der Waals surface area contributed by atoms with E-state index in [-0.39, 0.29) is 23.7 Å². The fraction of sp³-hybridized carbons (Fsp3) is 0.214. The van der Waals surface area contributed by atoms with Crippen LogP contribution < -0.4 is 9.80 Å². The third-order valence-electron chi connectivity index (χ3n) is 13.5. The summed E-state index contributed by atoms with van der Waals surface area (Å²) >= 11 is 0. The molecule has 0 bridgehead atoms. The van der Waals surface area contributed by atoms with E-state index < -0.39 is 23.6 Å². The molecule has 2 aliphatic rings. The Labute approximate surface area is 370 Å². The molecule has 0 saturated heterocycles. The number of para-hydroxylation sites is 2. The third-order valence-corrected chi connectivity index (χ3v) is 13.5. The predicted octanol–water partition coefficient (Wildman–Crippen LogP) is 14.4. The van der Waals surface area contributed by atoms with Crippen LogP contribution in [0.15, 0.2) is 118 Å². The Morgan fingerprint density at radius 1 is 0.359 bits per heavy atom. The van der Waals surface area contributed by atoms with Crippen molar-refractivity contribution in [2.75, 3.05) is 9.80 Å². The first kappa shape index (κ1) is 39.5. The van der Waals surface area contributed by atoms with Crippen LogP contribution in [0.4, 0.5) is 11.4 Å². The standard InChI is InChI=1S/C56H46N2O6/c1-27(2)31-13-9-14-32(28(3)4)51(31)57-53(59)37-21-19-35-46-40(44-18-12-24-64-44)26-42-48-38(54(60)58(56(42)62)52-33(29(5)6)15-10-16-34(52)30(7)8)22-20-36(50(46)48)45-39(43-17-11-23-63-43)25-41(55(57)61)47(37)49(35)45/h9-30H,1-8H3. The number of fused-ring (bicyclic) bond motifs is 2. The summed E-state index contributed by atoms with van der Waals surface area (Å²) in [4.78, 5) is 63.9. The molecule has 4 amide bonds. The molecule has 7 aromatic carbocycles. The Morgan fingerprint density at radius 2 is 0.703 bits per heavy atom. The molecule has 9 aromatic rings. The van der Waals surface area contributed by atoms with Gasteiger partial charge in [0.1, 0.15) is 11.5 Å². The molecule has 0 aliphatic carbocycles. The highest BCUT2D eigenvalue weighted by molar-refractivity contribution is 6.47. The smallest absolute Gasteiger partial charge is 0.266 e. The SMILES string of the molecule is CC(C)c1cccc(C(C)C)c1N1C(=O)c2ccc3c4c(-c5ccco5)cc5c6c(ccc(c7c(-c8ccco8)cc(c2c37)C1=O)c64)C(=O)N(c1c(C(C)C)cccc1C(C)C)C5=O. The molecule has 0 spiro atoms. The Hall–Kier alpha value is -7.32. The molecule has 11 rings (SSSR count). The second kappa shape index (κ2) is 14.1. The maximum atomic E-state index is 15.4. The van der Waals surface area contributed by atoms with Crippen LogP contribution in [0.3, 0.4) is 0 Å². The molecule has 8 heteroatoms. The highest BCUT2D eigenvalue weighted by atomic mass is 16.3. The number of anilines is 2. The number of furan rings is 2. The van der Waals surface area contributed by atoms with Gasteiger partial charge in [-0.2, -0.15) is 0 Å². The summed E-state index contributed by atoms with van der Waals surface area (Å²) in [5.41, 5.74) is 7.83. The van der Waals surface area contributed by atoms with Crippen LogP contribution in [0.5, 0.6) is 0 Å². The van der Waals surface area contributed by atoms with E-state index in [2.05, 4.69) is 55.4 Å². The van der Waals surface area contributed by atoms with Gasteiger partial charge in [0.2, 0.25) is 0 Å². The van der Waals surface area contributed by atoms with Crippen molar-refractivity contribution in [3.63, 3.8) is 0 Å². The molecule has 4 heterocycles. The Balaban J connectivity index is 1.28. The molecule has 2 aliphatic heterocycles. The second-order valence-electron chi connectivity index (χ2n) is 18.5. The minimum Gasteiger partial charge on any atom is -0.464 e. The number of hydrogen-bond acceptors (Lipinski definition) is 6. The van der Waals surface area contributed by atoms with Gasteiger partial charge in [-0.3, -0.25) is 19.2 Å². The molecule has 0 saturated carbocycles. The lowest BCUT2D eigenvalue weighted by atomic mass is 9.78. The summed E-state index contributed by atoms with van der Waals surface area (Å²) in [6.07, 6.45) is 3.21. The van der Waals surface area contributed by atoms with Gasteiger partial charge < -0.3 is 8.83 Å². The van der Waals surface area contributed by atoms with E-state index in [1.165, 1.54) is 9.80 Å². The third kappa shape index (κ3) is 5.28. The number of benzene rings is 7. The molecule has 316 valence electrons. The average molecular weight is 843 g/mol. The van der Waals surface area contributed by atoms with E-state index >= 15 is 19.2 Å². The van der Waals surface area contributed by atoms with Gasteiger partial charge in [0.05, 0.1) is 23.9 Å². The molecular formula is C56H46N2O6. The number of carbonyl (C=O) groups excluding carboxylic acids is 4. The summed E-state index contributed by atoms with van der Waals surface area (Å²) in [6, 6.07) is 30.6. The van der Waals surface area contributed by atoms with Gasteiger partial charge in [-0.15, -0.1) is 0 Å². The summed E-state index contributed by atoms with van der Waals surface area (Å²) in [7, 11) is 0. The summed E-state index contributed by atoms with van der Waals surface area (Å²) in [5, 5.41) is 5.54. The summed E-state index contributed by atoms with van der Waals surface area (Å²) < 4.78 is 12.3. The first-order valence-corrected chi connectivity index (χ1v) is 22.2.